The zero-order valence-corrected chi connectivity index (χ0v) is 24.7. The van der Waals surface area contributed by atoms with Gasteiger partial charge in [-0.1, -0.05) is 44.0 Å². The molecule has 1 aromatic carbocycles. The molecule has 2 atom stereocenters. The monoisotopic (exact) mass is 575 g/mol. The van der Waals surface area contributed by atoms with E-state index in [1.54, 1.807) is 6.07 Å². The summed E-state index contributed by atoms with van der Waals surface area (Å²) in [4.78, 5) is 42.5. The van der Waals surface area contributed by atoms with Gasteiger partial charge in [-0.2, -0.15) is 0 Å². The number of rotatable bonds is 8. The minimum atomic E-state index is -0.315. The van der Waals surface area contributed by atoms with Gasteiger partial charge in [0, 0.05) is 61.6 Å². The van der Waals surface area contributed by atoms with Gasteiger partial charge in [-0.3, -0.25) is 9.59 Å². The van der Waals surface area contributed by atoms with Gasteiger partial charge in [0.2, 0.25) is 5.91 Å². The highest BCUT2D eigenvalue weighted by molar-refractivity contribution is 6.30. The van der Waals surface area contributed by atoms with E-state index < -0.39 is 0 Å². The minimum Gasteiger partial charge on any atom is -0.450 e. The first-order valence-electron chi connectivity index (χ1n) is 14.9. The molecule has 6 rings (SSSR count). The van der Waals surface area contributed by atoms with Crippen molar-refractivity contribution in [1.29, 1.82) is 0 Å². The quantitative estimate of drug-likeness (QED) is 0.250. The fraction of sp³-hybridized carbons (Fsp3) is 0.500. The van der Waals surface area contributed by atoms with Crippen molar-refractivity contribution in [3.8, 4) is 0 Å². The maximum absolute atomic E-state index is 13.1. The molecule has 2 fully saturated rings. The fourth-order valence-corrected chi connectivity index (χ4v) is 6.68. The number of aryl methyl sites for hydroxylation is 1. The molecule has 0 bridgehead atoms. The average molecular weight is 576 g/mol. The van der Waals surface area contributed by atoms with E-state index in [9.17, 15) is 9.59 Å². The number of unbranched alkanes of at least 4 members (excludes halogenated alkanes) is 2. The van der Waals surface area contributed by atoms with Crippen molar-refractivity contribution in [2.45, 2.75) is 70.6 Å². The number of aromatic amines is 1. The number of likely N-dealkylation sites (tertiary alicyclic amines) is 1. The standard InChI is InChI=1S/C32H38ClN5O3/c1-21-20-38(17-14-32(21,2)24-18-22(33)19-34-31(24)40)27(39)13-5-3-4-12-26-35-28-23-10-6-7-11-25(23)41-29(28)30(36-26)37-15-8-9-16-37/h6-7,10-11,18-19,21H,3-5,8-9,12-17,20H2,1-2H3,(H,34,40). The lowest BCUT2D eigenvalue weighted by Crippen LogP contribution is -2.51. The van der Waals surface area contributed by atoms with E-state index in [0.717, 1.165) is 78.9 Å². The number of anilines is 1. The molecule has 0 saturated carbocycles. The van der Waals surface area contributed by atoms with E-state index in [-0.39, 0.29) is 22.8 Å². The molecule has 2 aliphatic rings. The number of pyridine rings is 1. The summed E-state index contributed by atoms with van der Waals surface area (Å²) in [5, 5.41) is 1.56. The second-order valence-electron chi connectivity index (χ2n) is 12.0. The van der Waals surface area contributed by atoms with Crippen LogP contribution in [0.25, 0.3) is 22.1 Å². The van der Waals surface area contributed by atoms with Crippen LogP contribution in [-0.4, -0.2) is 51.9 Å². The Morgan fingerprint density at radius 1 is 1.15 bits per heavy atom. The Hall–Kier alpha value is -3.39. The third-order valence-electron chi connectivity index (χ3n) is 9.26. The van der Waals surface area contributed by atoms with Gasteiger partial charge >= 0.3 is 0 Å². The zero-order chi connectivity index (χ0) is 28.6. The zero-order valence-electron chi connectivity index (χ0n) is 23.9. The number of furan rings is 1. The lowest BCUT2D eigenvalue weighted by atomic mass is 9.68. The molecule has 1 N–H and O–H groups in total. The Bertz CT molecular complexity index is 1620. The summed E-state index contributed by atoms with van der Waals surface area (Å²) in [6.45, 7) is 7.52. The van der Waals surface area contributed by atoms with Crippen LogP contribution in [0.4, 0.5) is 5.82 Å². The topological polar surface area (TPSA) is 95.3 Å². The van der Waals surface area contributed by atoms with E-state index in [0.29, 0.717) is 30.1 Å². The minimum absolute atomic E-state index is 0.0971. The Kier molecular flexibility index (Phi) is 7.77. The fourth-order valence-electron chi connectivity index (χ4n) is 6.52. The molecule has 41 heavy (non-hydrogen) atoms. The van der Waals surface area contributed by atoms with Gasteiger partial charge in [0.25, 0.3) is 5.56 Å². The molecular weight excluding hydrogens is 538 g/mol. The molecule has 5 heterocycles. The number of amides is 1. The van der Waals surface area contributed by atoms with Crippen LogP contribution in [0.15, 0.2) is 45.7 Å². The van der Waals surface area contributed by atoms with Crippen molar-refractivity contribution in [2.75, 3.05) is 31.1 Å². The molecule has 2 unspecified atom stereocenters. The maximum atomic E-state index is 13.1. The van der Waals surface area contributed by atoms with E-state index in [2.05, 4.69) is 29.8 Å². The SMILES string of the molecule is CC1CN(C(=O)CCCCCc2nc(N3CCCC3)c3oc4ccccc4c3n2)CCC1(C)c1cc(Cl)c[nH]c1=O. The molecule has 0 aliphatic carbocycles. The van der Waals surface area contributed by atoms with E-state index in [1.165, 1.54) is 19.0 Å². The number of nitrogens with zero attached hydrogens (tertiary/aromatic N) is 4. The van der Waals surface area contributed by atoms with Gasteiger partial charge < -0.3 is 19.2 Å². The number of para-hydroxylation sites is 1. The molecule has 4 aromatic rings. The largest absolute Gasteiger partial charge is 0.450 e. The first kappa shape index (κ1) is 27.8. The van der Waals surface area contributed by atoms with Gasteiger partial charge in [0.05, 0.1) is 5.02 Å². The summed E-state index contributed by atoms with van der Waals surface area (Å²) in [5.74, 6) is 2.10. The van der Waals surface area contributed by atoms with Crippen LogP contribution in [0.3, 0.4) is 0 Å². The van der Waals surface area contributed by atoms with Gasteiger partial charge in [0.15, 0.2) is 11.4 Å². The molecule has 216 valence electrons. The Labute approximate surface area is 245 Å². The average Bonchev–Trinajstić information content (AvgIpc) is 3.64. The van der Waals surface area contributed by atoms with E-state index >= 15 is 0 Å². The number of carbonyl (C=O) groups excluding carboxylic acids is 1. The van der Waals surface area contributed by atoms with Crippen LogP contribution in [0.1, 0.15) is 70.2 Å². The number of benzene rings is 1. The number of H-pyrrole nitrogens is 1. The maximum Gasteiger partial charge on any atom is 0.251 e. The number of fused-ring (bicyclic) bond motifs is 3. The number of halogens is 1. The molecule has 2 saturated heterocycles. The molecule has 2 aliphatic heterocycles. The van der Waals surface area contributed by atoms with Crippen molar-refractivity contribution >= 4 is 45.4 Å². The highest BCUT2D eigenvalue weighted by Gasteiger charge is 2.40. The molecule has 0 spiro atoms. The third kappa shape index (κ3) is 5.46. The molecule has 1 amide bonds. The smallest absolute Gasteiger partial charge is 0.251 e. The predicted octanol–water partition coefficient (Wildman–Crippen LogP) is 6.25. The summed E-state index contributed by atoms with van der Waals surface area (Å²) in [6, 6.07) is 9.83. The van der Waals surface area contributed by atoms with Crippen LogP contribution in [0, 0.1) is 5.92 Å². The lowest BCUT2D eigenvalue weighted by Gasteiger charge is -2.44. The van der Waals surface area contributed by atoms with Crippen molar-refractivity contribution in [1.82, 2.24) is 19.9 Å². The van der Waals surface area contributed by atoms with Gasteiger partial charge in [-0.15, -0.1) is 0 Å². The molecule has 3 aromatic heterocycles. The summed E-state index contributed by atoms with van der Waals surface area (Å²) in [6.07, 6.45) is 8.63. The van der Waals surface area contributed by atoms with Gasteiger partial charge in [-0.25, -0.2) is 9.97 Å². The van der Waals surface area contributed by atoms with Gasteiger partial charge in [0.1, 0.15) is 16.9 Å². The Morgan fingerprint density at radius 3 is 2.76 bits per heavy atom. The molecular formula is C32H38ClN5O3. The first-order valence-corrected chi connectivity index (χ1v) is 15.3. The normalized spacial score (nSPS) is 21.3. The Balaban J connectivity index is 1.05. The summed E-state index contributed by atoms with van der Waals surface area (Å²) < 4.78 is 6.20. The Morgan fingerprint density at radius 2 is 1.95 bits per heavy atom. The number of aromatic nitrogens is 3. The van der Waals surface area contributed by atoms with Crippen molar-refractivity contribution < 1.29 is 9.21 Å². The highest BCUT2D eigenvalue weighted by atomic mass is 35.5. The van der Waals surface area contributed by atoms with Crippen LogP contribution >= 0.6 is 11.6 Å². The number of nitrogens with one attached hydrogen (secondary N) is 1. The molecule has 0 radical (unpaired) electrons. The third-order valence-corrected chi connectivity index (χ3v) is 9.48. The van der Waals surface area contributed by atoms with E-state index in [1.807, 2.05) is 23.1 Å². The van der Waals surface area contributed by atoms with Gasteiger partial charge in [-0.05, 0) is 56.2 Å². The number of piperidine rings is 1. The number of carbonyl (C=O) groups is 1. The predicted molar refractivity (Wildman–Crippen MR) is 163 cm³/mol. The number of hydrogen-bond acceptors (Lipinski definition) is 6. The number of hydrogen-bond donors (Lipinski definition) is 1. The second-order valence-corrected chi connectivity index (χ2v) is 12.4. The van der Waals surface area contributed by atoms with Crippen LogP contribution in [0.5, 0.6) is 0 Å². The van der Waals surface area contributed by atoms with Crippen molar-refractivity contribution in [3.05, 3.63) is 63.3 Å². The second kappa shape index (κ2) is 11.5. The van der Waals surface area contributed by atoms with Crippen LogP contribution in [-0.2, 0) is 16.6 Å². The first-order chi connectivity index (χ1) is 19.8. The highest BCUT2D eigenvalue weighted by Crippen LogP contribution is 2.39. The summed E-state index contributed by atoms with van der Waals surface area (Å²) >= 11 is 6.18. The van der Waals surface area contributed by atoms with E-state index in [4.69, 9.17) is 26.0 Å². The van der Waals surface area contributed by atoms with Crippen LogP contribution < -0.4 is 10.5 Å². The van der Waals surface area contributed by atoms with Crippen molar-refractivity contribution in [3.63, 3.8) is 0 Å². The van der Waals surface area contributed by atoms with Crippen molar-refractivity contribution in [2.24, 2.45) is 5.92 Å². The lowest BCUT2D eigenvalue weighted by molar-refractivity contribution is -0.134. The molecule has 8 nitrogen and oxygen atoms in total. The van der Waals surface area contributed by atoms with Crippen LogP contribution in [0.2, 0.25) is 5.02 Å². The molecule has 9 heteroatoms. The summed E-state index contributed by atoms with van der Waals surface area (Å²) in [7, 11) is 0. The summed E-state index contributed by atoms with van der Waals surface area (Å²) in [5.41, 5.74) is 2.83.